The van der Waals surface area contributed by atoms with Crippen molar-refractivity contribution in [3.05, 3.63) is 101 Å². The predicted molar refractivity (Wildman–Crippen MR) is 116 cm³/mol. The normalized spacial score (nSPS) is 10.6. The molecule has 6 heteroatoms. The van der Waals surface area contributed by atoms with Gasteiger partial charge in [0, 0.05) is 22.3 Å². The molecule has 0 aliphatic heterocycles. The molecule has 0 amide bonds. The van der Waals surface area contributed by atoms with Gasteiger partial charge in [-0.25, -0.2) is 9.48 Å². The molecule has 0 spiro atoms. The number of hydrogen-bond acceptors (Lipinski definition) is 4. The zero-order valence-electron chi connectivity index (χ0n) is 16.3. The monoisotopic (exact) mass is 418 g/mol. The molecular formula is C24H19ClN2O3. The summed E-state index contributed by atoms with van der Waals surface area (Å²) in [4.78, 5) is 12.7. The molecule has 150 valence electrons. The van der Waals surface area contributed by atoms with E-state index in [1.807, 2.05) is 66.9 Å². The highest BCUT2D eigenvalue weighted by molar-refractivity contribution is 6.31. The summed E-state index contributed by atoms with van der Waals surface area (Å²) in [6.45, 7) is 0.0611. The molecule has 3 aromatic carbocycles. The second kappa shape index (κ2) is 8.84. The first-order valence-electron chi connectivity index (χ1n) is 9.36. The molecule has 0 saturated heterocycles. The van der Waals surface area contributed by atoms with E-state index < -0.39 is 5.97 Å². The standard InChI is InChI=1S/C24H19ClN2O3/c1-29-22-13-12-19(25)14-21(22)24(28)30-16-18-15-27(20-10-6-3-7-11-20)26-23(18)17-8-4-2-5-9-17/h2-15H,16H2,1H3. The van der Waals surface area contributed by atoms with E-state index in [0.29, 0.717) is 10.8 Å². The molecule has 0 aliphatic rings. The number of para-hydroxylation sites is 1. The van der Waals surface area contributed by atoms with Crippen LogP contribution < -0.4 is 4.74 Å². The molecule has 30 heavy (non-hydrogen) atoms. The molecule has 0 N–H and O–H groups in total. The number of aromatic nitrogens is 2. The average molecular weight is 419 g/mol. The number of carbonyl (C=O) groups excluding carboxylic acids is 1. The molecule has 0 aliphatic carbocycles. The third-order valence-corrected chi connectivity index (χ3v) is 4.83. The number of halogens is 1. The number of ether oxygens (including phenoxy) is 2. The van der Waals surface area contributed by atoms with Crippen LogP contribution in [0.25, 0.3) is 16.9 Å². The molecule has 0 fully saturated rings. The summed E-state index contributed by atoms with van der Waals surface area (Å²) in [7, 11) is 1.50. The van der Waals surface area contributed by atoms with E-state index >= 15 is 0 Å². The lowest BCUT2D eigenvalue weighted by atomic mass is 10.1. The fourth-order valence-electron chi connectivity index (χ4n) is 3.13. The van der Waals surface area contributed by atoms with Crippen molar-refractivity contribution in [3.8, 4) is 22.7 Å². The average Bonchev–Trinajstić information content (AvgIpc) is 3.23. The number of rotatable bonds is 6. The smallest absolute Gasteiger partial charge is 0.342 e. The van der Waals surface area contributed by atoms with Crippen molar-refractivity contribution in [2.45, 2.75) is 6.61 Å². The maximum Gasteiger partial charge on any atom is 0.342 e. The van der Waals surface area contributed by atoms with Gasteiger partial charge >= 0.3 is 5.97 Å². The lowest BCUT2D eigenvalue weighted by Gasteiger charge is -2.09. The van der Waals surface area contributed by atoms with E-state index in [2.05, 4.69) is 0 Å². The fourth-order valence-corrected chi connectivity index (χ4v) is 3.30. The molecule has 0 atom stereocenters. The van der Waals surface area contributed by atoms with Gasteiger partial charge in [0.15, 0.2) is 0 Å². The van der Waals surface area contributed by atoms with Crippen molar-refractivity contribution in [1.29, 1.82) is 0 Å². The Morgan fingerprint density at radius 3 is 2.40 bits per heavy atom. The first-order valence-corrected chi connectivity index (χ1v) is 9.73. The van der Waals surface area contributed by atoms with Gasteiger partial charge in [-0.05, 0) is 30.3 Å². The first kappa shape index (κ1) is 19.7. The Bertz CT molecular complexity index is 1160. The highest BCUT2D eigenvalue weighted by Gasteiger charge is 2.18. The molecule has 5 nitrogen and oxygen atoms in total. The van der Waals surface area contributed by atoms with Crippen molar-refractivity contribution in [2.75, 3.05) is 7.11 Å². The summed E-state index contributed by atoms with van der Waals surface area (Å²) in [6.07, 6.45) is 1.88. The summed E-state index contributed by atoms with van der Waals surface area (Å²) in [5, 5.41) is 5.16. The zero-order chi connectivity index (χ0) is 20.9. The molecular weight excluding hydrogens is 400 g/mol. The number of hydrogen-bond donors (Lipinski definition) is 0. The van der Waals surface area contributed by atoms with E-state index in [-0.39, 0.29) is 12.2 Å². The van der Waals surface area contributed by atoms with E-state index in [1.54, 1.807) is 16.8 Å². The molecule has 4 aromatic rings. The summed E-state index contributed by atoms with van der Waals surface area (Å²) >= 11 is 6.03. The van der Waals surface area contributed by atoms with Gasteiger partial charge in [-0.15, -0.1) is 0 Å². The lowest BCUT2D eigenvalue weighted by molar-refractivity contribution is 0.0469. The van der Waals surface area contributed by atoms with Crippen molar-refractivity contribution < 1.29 is 14.3 Å². The van der Waals surface area contributed by atoms with Gasteiger partial charge in [-0.1, -0.05) is 60.1 Å². The summed E-state index contributed by atoms with van der Waals surface area (Å²) in [5.41, 5.74) is 3.69. The molecule has 1 heterocycles. The van der Waals surface area contributed by atoms with Gasteiger partial charge in [-0.3, -0.25) is 0 Å². The minimum atomic E-state index is -0.513. The van der Waals surface area contributed by atoms with Gasteiger partial charge in [0.25, 0.3) is 0 Å². The number of benzene rings is 3. The fraction of sp³-hybridized carbons (Fsp3) is 0.0833. The number of methoxy groups -OCH3 is 1. The van der Waals surface area contributed by atoms with Crippen molar-refractivity contribution >= 4 is 17.6 Å². The van der Waals surface area contributed by atoms with Crippen LogP contribution in [0.2, 0.25) is 5.02 Å². The van der Waals surface area contributed by atoms with Crippen LogP contribution in [-0.4, -0.2) is 22.9 Å². The van der Waals surface area contributed by atoms with Crippen LogP contribution in [0.3, 0.4) is 0 Å². The van der Waals surface area contributed by atoms with Gasteiger partial charge in [0.1, 0.15) is 17.9 Å². The molecule has 0 saturated carbocycles. The molecule has 4 rings (SSSR count). The minimum Gasteiger partial charge on any atom is -0.496 e. The number of esters is 1. The van der Waals surface area contributed by atoms with E-state index in [4.69, 9.17) is 26.2 Å². The summed E-state index contributed by atoms with van der Waals surface area (Å²) in [5.74, 6) is -0.103. The summed E-state index contributed by atoms with van der Waals surface area (Å²) < 4.78 is 12.6. The Kier molecular flexibility index (Phi) is 5.82. The van der Waals surface area contributed by atoms with E-state index in [1.165, 1.54) is 13.2 Å². The zero-order valence-corrected chi connectivity index (χ0v) is 17.0. The van der Waals surface area contributed by atoms with Gasteiger partial charge in [0.05, 0.1) is 18.5 Å². The molecule has 1 aromatic heterocycles. The van der Waals surface area contributed by atoms with Crippen LogP contribution in [0.5, 0.6) is 5.75 Å². The Balaban J connectivity index is 1.64. The maximum absolute atomic E-state index is 12.7. The Morgan fingerprint density at radius 2 is 1.70 bits per heavy atom. The Hall–Kier alpha value is -3.57. The maximum atomic E-state index is 12.7. The third-order valence-electron chi connectivity index (χ3n) is 4.60. The summed E-state index contributed by atoms with van der Waals surface area (Å²) in [6, 6.07) is 24.4. The Labute approximate surface area is 179 Å². The molecule has 0 unspecified atom stereocenters. The quantitative estimate of drug-likeness (QED) is 0.385. The molecule has 0 radical (unpaired) electrons. The highest BCUT2D eigenvalue weighted by Crippen LogP contribution is 2.27. The second-order valence-electron chi connectivity index (χ2n) is 6.57. The third kappa shape index (κ3) is 4.21. The second-order valence-corrected chi connectivity index (χ2v) is 7.01. The van der Waals surface area contributed by atoms with E-state index in [0.717, 1.165) is 22.5 Å². The van der Waals surface area contributed by atoms with Crippen molar-refractivity contribution in [3.63, 3.8) is 0 Å². The highest BCUT2D eigenvalue weighted by atomic mass is 35.5. The van der Waals surface area contributed by atoms with Crippen molar-refractivity contribution in [2.24, 2.45) is 0 Å². The first-order chi connectivity index (χ1) is 14.7. The predicted octanol–water partition coefficient (Wildman–Crippen LogP) is 5.56. The topological polar surface area (TPSA) is 53.4 Å². The van der Waals surface area contributed by atoms with Crippen molar-refractivity contribution in [1.82, 2.24) is 9.78 Å². The Morgan fingerprint density at radius 1 is 1.00 bits per heavy atom. The van der Waals surface area contributed by atoms with Crippen LogP contribution in [0.4, 0.5) is 0 Å². The van der Waals surface area contributed by atoms with Gasteiger partial charge in [0.2, 0.25) is 0 Å². The van der Waals surface area contributed by atoms with Crippen LogP contribution >= 0.6 is 11.6 Å². The van der Waals surface area contributed by atoms with Gasteiger partial charge in [-0.2, -0.15) is 5.10 Å². The molecule has 0 bridgehead atoms. The van der Waals surface area contributed by atoms with Crippen LogP contribution in [-0.2, 0) is 11.3 Å². The van der Waals surface area contributed by atoms with Crippen LogP contribution in [0.15, 0.2) is 85.1 Å². The van der Waals surface area contributed by atoms with Crippen LogP contribution in [0.1, 0.15) is 15.9 Å². The number of carbonyl (C=O) groups is 1. The minimum absolute atomic E-state index is 0.0611. The van der Waals surface area contributed by atoms with Gasteiger partial charge < -0.3 is 9.47 Å². The van der Waals surface area contributed by atoms with Crippen LogP contribution in [0, 0.1) is 0 Å². The van der Waals surface area contributed by atoms with E-state index in [9.17, 15) is 4.79 Å². The largest absolute Gasteiger partial charge is 0.496 e. The SMILES string of the molecule is COc1ccc(Cl)cc1C(=O)OCc1cn(-c2ccccc2)nc1-c1ccccc1. The lowest BCUT2D eigenvalue weighted by Crippen LogP contribution is -2.07. The number of nitrogens with zero attached hydrogens (tertiary/aromatic N) is 2.